The third kappa shape index (κ3) is 4.01. The van der Waals surface area contributed by atoms with Crippen LogP contribution in [0.15, 0.2) is 84.9 Å². The van der Waals surface area contributed by atoms with E-state index in [4.69, 9.17) is 11.6 Å². The number of urea groups is 1. The molecule has 0 aromatic heterocycles. The smallest absolute Gasteiger partial charge is 0.297 e. The van der Waals surface area contributed by atoms with Crippen LogP contribution in [0.5, 0.6) is 0 Å². The first-order chi connectivity index (χ1) is 12.2. The number of anilines is 2. The van der Waals surface area contributed by atoms with Gasteiger partial charge in [-0.1, -0.05) is 72.3 Å². The lowest BCUT2D eigenvalue weighted by Crippen LogP contribution is -2.41. The van der Waals surface area contributed by atoms with Crippen LogP contribution < -0.4 is 9.80 Å². The fraction of sp³-hybridized carbons (Fsp3) is 0.0952. The third-order valence-corrected chi connectivity index (χ3v) is 4.31. The molecule has 126 valence electrons. The van der Waals surface area contributed by atoms with Gasteiger partial charge in [-0.25, -0.2) is 4.79 Å². The van der Waals surface area contributed by atoms with Crippen LogP contribution in [0.1, 0.15) is 5.56 Å². The van der Waals surface area contributed by atoms with E-state index in [1.54, 1.807) is 22.9 Å². The van der Waals surface area contributed by atoms with E-state index < -0.39 is 0 Å². The van der Waals surface area contributed by atoms with Gasteiger partial charge in [0.05, 0.1) is 17.3 Å². The summed E-state index contributed by atoms with van der Waals surface area (Å²) in [7, 11) is 1.77. The molecule has 3 aromatic carbocycles. The molecule has 3 nitrogen and oxygen atoms in total. The van der Waals surface area contributed by atoms with Gasteiger partial charge in [-0.05, 0) is 29.8 Å². The van der Waals surface area contributed by atoms with Gasteiger partial charge in [0, 0.05) is 12.7 Å². The molecule has 0 aliphatic rings. The molecule has 2 amide bonds. The Hall–Kier alpha value is -2.78. The van der Waals surface area contributed by atoms with Crippen LogP contribution >= 0.6 is 11.6 Å². The zero-order chi connectivity index (χ0) is 17.6. The largest absolute Gasteiger partial charge is 0.329 e. The van der Waals surface area contributed by atoms with Crippen molar-refractivity contribution < 1.29 is 4.79 Å². The fourth-order valence-electron chi connectivity index (χ4n) is 2.64. The number of hydrogen-bond donors (Lipinski definition) is 0. The van der Waals surface area contributed by atoms with E-state index in [2.05, 4.69) is 0 Å². The predicted octanol–water partition coefficient (Wildman–Crippen LogP) is 5.60. The molecule has 0 atom stereocenters. The number of amides is 2. The highest BCUT2D eigenvalue weighted by atomic mass is 35.5. The van der Waals surface area contributed by atoms with Gasteiger partial charge in [-0.3, -0.25) is 9.80 Å². The molecule has 0 spiro atoms. The van der Waals surface area contributed by atoms with Gasteiger partial charge in [-0.15, -0.1) is 0 Å². The standard InChI is InChI=1S/C21H19ClN2O/c1-23(18-12-6-3-7-13-18)21(25)24(16-17-10-4-2-5-11-17)20-15-9-8-14-19(20)22/h2-15H,16H2,1H3. The second-order valence-corrected chi connectivity index (χ2v) is 6.11. The Kier molecular flexibility index (Phi) is 5.36. The summed E-state index contributed by atoms with van der Waals surface area (Å²) in [6.45, 7) is 0.445. The summed E-state index contributed by atoms with van der Waals surface area (Å²) in [6, 6.07) is 26.7. The Balaban J connectivity index is 1.96. The van der Waals surface area contributed by atoms with Gasteiger partial charge in [0.1, 0.15) is 0 Å². The lowest BCUT2D eigenvalue weighted by molar-refractivity contribution is 0.252. The zero-order valence-electron chi connectivity index (χ0n) is 14.0. The maximum atomic E-state index is 13.2. The maximum absolute atomic E-state index is 13.2. The highest BCUT2D eigenvalue weighted by molar-refractivity contribution is 6.34. The Labute approximate surface area is 153 Å². The molecule has 4 heteroatoms. The molecule has 0 heterocycles. The molecule has 0 aliphatic heterocycles. The van der Waals surface area contributed by atoms with Gasteiger partial charge in [0.15, 0.2) is 0 Å². The van der Waals surface area contributed by atoms with Crippen LogP contribution in [-0.4, -0.2) is 13.1 Å². The van der Waals surface area contributed by atoms with E-state index in [9.17, 15) is 4.79 Å². The van der Waals surface area contributed by atoms with E-state index in [1.807, 2.05) is 78.9 Å². The average molecular weight is 351 g/mol. The molecule has 3 aromatic rings. The van der Waals surface area contributed by atoms with Crippen molar-refractivity contribution in [2.75, 3.05) is 16.8 Å². The summed E-state index contributed by atoms with van der Waals surface area (Å²) in [5.41, 5.74) is 2.57. The minimum atomic E-state index is -0.136. The summed E-state index contributed by atoms with van der Waals surface area (Å²) in [5.74, 6) is 0. The van der Waals surface area contributed by atoms with E-state index in [0.29, 0.717) is 17.3 Å². The van der Waals surface area contributed by atoms with Gasteiger partial charge in [0.25, 0.3) is 0 Å². The number of rotatable bonds is 4. The van der Waals surface area contributed by atoms with Gasteiger partial charge in [-0.2, -0.15) is 0 Å². The number of carbonyl (C=O) groups excluding carboxylic acids is 1. The van der Waals surface area contributed by atoms with E-state index >= 15 is 0 Å². The van der Waals surface area contributed by atoms with Crippen LogP contribution in [-0.2, 0) is 6.54 Å². The van der Waals surface area contributed by atoms with Crippen molar-refractivity contribution in [1.82, 2.24) is 0 Å². The fourth-order valence-corrected chi connectivity index (χ4v) is 2.87. The summed E-state index contributed by atoms with van der Waals surface area (Å²) >= 11 is 6.37. The van der Waals surface area contributed by atoms with Gasteiger partial charge in [0.2, 0.25) is 0 Å². The molecule has 3 rings (SSSR count). The monoisotopic (exact) mass is 350 g/mol. The van der Waals surface area contributed by atoms with Crippen molar-refractivity contribution in [2.24, 2.45) is 0 Å². The van der Waals surface area contributed by atoms with Crippen LogP contribution in [0.4, 0.5) is 16.2 Å². The molecule has 25 heavy (non-hydrogen) atoms. The molecule has 0 radical (unpaired) electrons. The lowest BCUT2D eigenvalue weighted by atomic mass is 10.2. The first kappa shape index (κ1) is 17.1. The van der Waals surface area contributed by atoms with Crippen molar-refractivity contribution in [2.45, 2.75) is 6.54 Å². The Morgan fingerprint density at radius 1 is 0.840 bits per heavy atom. The summed E-state index contributed by atoms with van der Waals surface area (Å²) < 4.78 is 0. The average Bonchev–Trinajstić information content (AvgIpc) is 2.67. The first-order valence-corrected chi connectivity index (χ1v) is 8.43. The summed E-state index contributed by atoms with van der Waals surface area (Å²) in [5, 5.41) is 0.549. The SMILES string of the molecule is CN(C(=O)N(Cc1ccccc1)c1ccccc1Cl)c1ccccc1. The third-order valence-electron chi connectivity index (χ3n) is 3.99. The second-order valence-electron chi connectivity index (χ2n) is 5.70. The lowest BCUT2D eigenvalue weighted by Gasteiger charge is -2.29. The Morgan fingerprint density at radius 3 is 2.04 bits per heavy atom. The summed E-state index contributed by atoms with van der Waals surface area (Å²) in [6.07, 6.45) is 0. The number of hydrogen-bond acceptors (Lipinski definition) is 1. The molecule has 0 fully saturated rings. The molecule has 0 bridgehead atoms. The van der Waals surface area contributed by atoms with E-state index in [-0.39, 0.29) is 6.03 Å². The van der Waals surface area contributed by atoms with Crippen LogP contribution in [0.2, 0.25) is 5.02 Å². The van der Waals surface area contributed by atoms with E-state index in [1.165, 1.54) is 0 Å². The first-order valence-electron chi connectivity index (χ1n) is 8.05. The van der Waals surface area contributed by atoms with Crippen molar-refractivity contribution in [1.29, 1.82) is 0 Å². The minimum Gasteiger partial charge on any atom is -0.297 e. The molecule has 0 saturated heterocycles. The Morgan fingerprint density at radius 2 is 1.40 bits per heavy atom. The Bertz CT molecular complexity index is 837. The van der Waals surface area contributed by atoms with Crippen LogP contribution in [0.25, 0.3) is 0 Å². The topological polar surface area (TPSA) is 23.6 Å². The highest BCUT2D eigenvalue weighted by Crippen LogP contribution is 2.28. The molecule has 0 N–H and O–H groups in total. The summed E-state index contributed by atoms with van der Waals surface area (Å²) in [4.78, 5) is 16.5. The molecule has 0 saturated carbocycles. The predicted molar refractivity (Wildman–Crippen MR) is 104 cm³/mol. The van der Waals surface area contributed by atoms with Crippen molar-refractivity contribution in [3.63, 3.8) is 0 Å². The van der Waals surface area contributed by atoms with Crippen molar-refractivity contribution in [3.05, 3.63) is 95.5 Å². The number of nitrogens with zero attached hydrogens (tertiary/aromatic N) is 2. The molecular formula is C21H19ClN2O. The number of benzene rings is 3. The van der Waals surface area contributed by atoms with Crippen molar-refractivity contribution >= 4 is 29.0 Å². The van der Waals surface area contributed by atoms with Gasteiger partial charge < -0.3 is 0 Å². The highest BCUT2D eigenvalue weighted by Gasteiger charge is 2.22. The quantitative estimate of drug-likeness (QED) is 0.600. The molecular weight excluding hydrogens is 332 g/mol. The molecule has 0 unspecified atom stereocenters. The zero-order valence-corrected chi connectivity index (χ0v) is 14.7. The second kappa shape index (κ2) is 7.86. The van der Waals surface area contributed by atoms with Crippen LogP contribution in [0, 0.1) is 0 Å². The number of halogens is 1. The van der Waals surface area contributed by atoms with E-state index in [0.717, 1.165) is 11.3 Å². The van der Waals surface area contributed by atoms with Crippen LogP contribution in [0.3, 0.4) is 0 Å². The molecule has 0 aliphatic carbocycles. The number of para-hydroxylation sites is 2. The normalized spacial score (nSPS) is 10.3. The minimum absolute atomic E-state index is 0.136. The van der Waals surface area contributed by atoms with Crippen molar-refractivity contribution in [3.8, 4) is 0 Å². The van der Waals surface area contributed by atoms with Gasteiger partial charge >= 0.3 is 6.03 Å². The maximum Gasteiger partial charge on any atom is 0.329 e. The number of carbonyl (C=O) groups is 1.